The lowest BCUT2D eigenvalue weighted by Gasteiger charge is -2.38. The number of fused-ring (bicyclic) bond motifs is 1. The third-order valence-electron chi connectivity index (χ3n) is 4.91. The van der Waals surface area contributed by atoms with Gasteiger partial charge < -0.3 is 14.2 Å². The summed E-state index contributed by atoms with van der Waals surface area (Å²) < 4.78 is 19.5. The predicted molar refractivity (Wildman–Crippen MR) is 95.0 cm³/mol. The van der Waals surface area contributed by atoms with Crippen LogP contribution in [-0.2, 0) is 4.74 Å². The molecule has 1 unspecified atom stereocenters. The van der Waals surface area contributed by atoms with Gasteiger partial charge in [0.2, 0.25) is 0 Å². The van der Waals surface area contributed by atoms with Gasteiger partial charge in [-0.2, -0.15) is 0 Å². The van der Waals surface area contributed by atoms with E-state index in [9.17, 15) is 4.79 Å². The van der Waals surface area contributed by atoms with Crippen LogP contribution in [0.15, 0.2) is 6.07 Å². The number of esters is 1. The smallest absolute Gasteiger partial charge is 0.338 e. The summed E-state index contributed by atoms with van der Waals surface area (Å²) in [6, 6.07) is 1.59. The van der Waals surface area contributed by atoms with Gasteiger partial charge in [0, 0.05) is 31.5 Å². The Morgan fingerprint density at radius 1 is 1.38 bits per heavy atom. The lowest BCUT2D eigenvalue weighted by molar-refractivity contribution is -0.121. The normalized spacial score (nSPS) is 24.2. The molecule has 0 radical (unpaired) electrons. The third kappa shape index (κ3) is 2.95. The first-order valence-corrected chi connectivity index (χ1v) is 9.54. The van der Waals surface area contributed by atoms with Crippen molar-refractivity contribution >= 4 is 29.5 Å². The van der Waals surface area contributed by atoms with Crippen LogP contribution in [0, 0.1) is 12.8 Å². The molecule has 1 fully saturated rings. The molecule has 0 aliphatic carbocycles. The maximum absolute atomic E-state index is 11.9. The minimum atomic E-state index is -0.754. The first-order valence-electron chi connectivity index (χ1n) is 7.98. The molecular weight excluding hydrogens is 350 g/mol. The summed E-state index contributed by atoms with van der Waals surface area (Å²) >= 11 is 8.10. The van der Waals surface area contributed by atoms with Crippen LogP contribution < -0.4 is 9.47 Å². The molecule has 0 bridgehead atoms. The van der Waals surface area contributed by atoms with E-state index in [1.807, 2.05) is 13.8 Å². The largest absolute Gasteiger partial charge is 0.465 e. The van der Waals surface area contributed by atoms with Gasteiger partial charge in [-0.05, 0) is 32.1 Å². The van der Waals surface area contributed by atoms with E-state index in [0.717, 1.165) is 25.9 Å². The van der Waals surface area contributed by atoms with Crippen molar-refractivity contribution in [2.24, 2.45) is 5.92 Å². The fourth-order valence-corrected chi connectivity index (χ4v) is 4.21. The minimum absolute atomic E-state index is 0.269. The van der Waals surface area contributed by atoms with Crippen molar-refractivity contribution in [2.75, 3.05) is 26.5 Å². The Bertz CT molecular complexity index is 660. The highest BCUT2D eigenvalue weighted by Crippen LogP contribution is 2.51. The fourth-order valence-electron chi connectivity index (χ4n) is 3.40. The van der Waals surface area contributed by atoms with E-state index in [1.165, 1.54) is 7.11 Å². The number of nitrogens with zero attached hydrogens (tertiary/aromatic N) is 1. The van der Waals surface area contributed by atoms with Gasteiger partial charge in [0.05, 0.1) is 17.7 Å². The molecule has 0 aromatic heterocycles. The van der Waals surface area contributed by atoms with Gasteiger partial charge in [0.15, 0.2) is 11.5 Å². The summed E-state index contributed by atoms with van der Waals surface area (Å²) in [5.74, 6) is 0.165. The number of hydrogen-bond donors (Lipinski definition) is 0. The summed E-state index contributed by atoms with van der Waals surface area (Å²) in [6.07, 6.45) is 4.08. The molecule has 0 spiro atoms. The second-order valence-corrected chi connectivity index (χ2v) is 7.58. The Hall–Kier alpha value is -1.11. The predicted octanol–water partition coefficient (Wildman–Crippen LogP) is 3.91. The summed E-state index contributed by atoms with van der Waals surface area (Å²) in [5.41, 5.74) is 1.11. The zero-order valence-corrected chi connectivity index (χ0v) is 15.9. The Morgan fingerprint density at radius 3 is 2.58 bits per heavy atom. The molecule has 2 aliphatic rings. The maximum atomic E-state index is 11.9. The van der Waals surface area contributed by atoms with Crippen molar-refractivity contribution in [1.82, 2.24) is 4.31 Å². The summed E-state index contributed by atoms with van der Waals surface area (Å²) in [4.78, 5) is 11.9. The number of hydrogen-bond acceptors (Lipinski definition) is 6. The molecule has 132 valence electrons. The fraction of sp³-hybridized carbons (Fsp3) is 0.588. The topological polar surface area (TPSA) is 48.0 Å². The number of carbonyl (C=O) groups excluding carboxylic acids is 1. The molecule has 2 aliphatic heterocycles. The average molecular weight is 372 g/mol. The third-order valence-corrected chi connectivity index (χ3v) is 6.07. The molecule has 1 aromatic carbocycles. The van der Waals surface area contributed by atoms with Crippen LogP contribution in [-0.4, -0.2) is 42.5 Å². The number of methoxy groups -OCH3 is 1. The Labute approximate surface area is 151 Å². The van der Waals surface area contributed by atoms with Gasteiger partial charge in [-0.3, -0.25) is 4.31 Å². The van der Waals surface area contributed by atoms with Crippen LogP contribution in [0.1, 0.15) is 35.7 Å². The highest BCUT2D eigenvalue weighted by Gasteiger charge is 2.47. The molecule has 7 heteroatoms. The number of rotatable bonds is 3. The van der Waals surface area contributed by atoms with Crippen LogP contribution in [0.2, 0.25) is 5.02 Å². The lowest BCUT2D eigenvalue weighted by atomic mass is 9.90. The summed E-state index contributed by atoms with van der Waals surface area (Å²) in [5, 5.41) is 0.376. The van der Waals surface area contributed by atoms with Crippen LogP contribution in [0.5, 0.6) is 11.5 Å². The number of benzene rings is 1. The molecule has 2 heterocycles. The van der Waals surface area contributed by atoms with Crippen molar-refractivity contribution in [3.63, 3.8) is 0 Å². The Kier molecular flexibility index (Phi) is 4.91. The molecule has 1 aromatic rings. The molecule has 1 atom stereocenters. The van der Waals surface area contributed by atoms with Gasteiger partial charge in [0.1, 0.15) is 0 Å². The molecular formula is C17H22ClNO4S. The number of halogens is 1. The molecule has 24 heavy (non-hydrogen) atoms. The van der Waals surface area contributed by atoms with E-state index in [2.05, 4.69) is 10.6 Å². The standard InChI is InChI=1S/C17H22ClNO4S/c1-10-12(16(20)21-3)9-13(18)15-14(10)22-17(2,23-15)11-5-7-19(24-4)8-6-11/h9,11H,5-8H2,1-4H3. The van der Waals surface area contributed by atoms with Gasteiger partial charge in [0.25, 0.3) is 5.79 Å². The Balaban J connectivity index is 1.87. The van der Waals surface area contributed by atoms with E-state index >= 15 is 0 Å². The van der Waals surface area contributed by atoms with E-state index in [1.54, 1.807) is 18.0 Å². The second-order valence-electron chi connectivity index (χ2n) is 6.29. The first-order chi connectivity index (χ1) is 11.4. The van der Waals surface area contributed by atoms with Gasteiger partial charge in [-0.1, -0.05) is 23.5 Å². The summed E-state index contributed by atoms with van der Waals surface area (Å²) in [7, 11) is 1.35. The van der Waals surface area contributed by atoms with E-state index < -0.39 is 11.8 Å². The van der Waals surface area contributed by atoms with Crippen LogP contribution in [0.25, 0.3) is 0 Å². The van der Waals surface area contributed by atoms with Crippen molar-refractivity contribution in [1.29, 1.82) is 0 Å². The van der Waals surface area contributed by atoms with Gasteiger partial charge in [-0.15, -0.1) is 0 Å². The Morgan fingerprint density at radius 2 is 2.00 bits per heavy atom. The number of ether oxygens (including phenoxy) is 3. The minimum Gasteiger partial charge on any atom is -0.465 e. The molecule has 0 amide bonds. The zero-order chi connectivity index (χ0) is 17.5. The highest BCUT2D eigenvalue weighted by molar-refractivity contribution is 7.96. The zero-order valence-electron chi connectivity index (χ0n) is 14.3. The van der Waals surface area contributed by atoms with Crippen molar-refractivity contribution in [2.45, 2.75) is 32.5 Å². The number of piperidine rings is 1. The second kappa shape index (κ2) is 6.65. The average Bonchev–Trinajstić information content (AvgIpc) is 2.97. The summed E-state index contributed by atoms with van der Waals surface area (Å²) in [6.45, 7) is 5.79. The number of carbonyl (C=O) groups is 1. The van der Waals surface area contributed by atoms with E-state index in [0.29, 0.717) is 27.6 Å². The quantitative estimate of drug-likeness (QED) is 0.593. The van der Waals surface area contributed by atoms with E-state index in [4.69, 9.17) is 25.8 Å². The van der Waals surface area contributed by atoms with Crippen molar-refractivity contribution in [3.8, 4) is 11.5 Å². The van der Waals surface area contributed by atoms with E-state index in [-0.39, 0.29) is 5.92 Å². The SMILES string of the molecule is COC(=O)c1cc(Cl)c2c(c1C)OC(C)(C1CCN(SC)CC1)O2. The van der Waals surface area contributed by atoms with Crippen molar-refractivity contribution in [3.05, 3.63) is 22.2 Å². The van der Waals surface area contributed by atoms with Gasteiger partial charge in [-0.25, -0.2) is 4.79 Å². The molecule has 1 saturated heterocycles. The molecule has 0 N–H and O–H groups in total. The van der Waals surface area contributed by atoms with Crippen LogP contribution in [0.4, 0.5) is 0 Å². The lowest BCUT2D eigenvalue weighted by Crippen LogP contribution is -2.47. The molecule has 3 rings (SSSR count). The van der Waals surface area contributed by atoms with Crippen LogP contribution >= 0.6 is 23.5 Å². The van der Waals surface area contributed by atoms with Gasteiger partial charge >= 0.3 is 5.97 Å². The highest BCUT2D eigenvalue weighted by atomic mass is 35.5. The monoisotopic (exact) mass is 371 g/mol. The van der Waals surface area contributed by atoms with Crippen molar-refractivity contribution < 1.29 is 19.0 Å². The maximum Gasteiger partial charge on any atom is 0.338 e. The molecule has 0 saturated carbocycles. The van der Waals surface area contributed by atoms with Crippen LogP contribution in [0.3, 0.4) is 0 Å². The molecule has 5 nitrogen and oxygen atoms in total. The first kappa shape index (κ1) is 17.7.